The van der Waals surface area contributed by atoms with Crippen molar-refractivity contribution in [3.8, 4) is 5.75 Å². The van der Waals surface area contributed by atoms with Crippen LogP contribution in [0.1, 0.15) is 63.7 Å². The zero-order valence-corrected chi connectivity index (χ0v) is 15.5. The van der Waals surface area contributed by atoms with Gasteiger partial charge in [-0.3, -0.25) is 4.79 Å². The molecule has 0 aliphatic carbocycles. The molecule has 0 radical (unpaired) electrons. The second-order valence-electron chi connectivity index (χ2n) is 6.46. The molecule has 0 aliphatic heterocycles. The quantitative estimate of drug-likeness (QED) is 0.372. The van der Waals surface area contributed by atoms with Gasteiger partial charge in [-0.05, 0) is 71.6 Å². The van der Waals surface area contributed by atoms with Gasteiger partial charge in [0.2, 0.25) is 0 Å². The maximum atomic E-state index is 10.7. The van der Waals surface area contributed by atoms with Crippen LogP contribution < -0.4 is 4.74 Å². The molecule has 0 spiro atoms. The number of benzene rings is 1. The van der Waals surface area contributed by atoms with Crippen molar-refractivity contribution in [2.45, 2.75) is 53.4 Å². The molecule has 0 N–H and O–H groups in total. The summed E-state index contributed by atoms with van der Waals surface area (Å²) in [5.74, 6) is 0.735. The lowest BCUT2D eigenvalue weighted by atomic mass is 10.1. The molecule has 0 bridgehead atoms. The van der Waals surface area contributed by atoms with Crippen LogP contribution in [-0.2, 0) is 0 Å². The number of rotatable bonds is 10. The molecule has 2 nitrogen and oxygen atoms in total. The van der Waals surface area contributed by atoms with E-state index in [9.17, 15) is 4.79 Å². The van der Waals surface area contributed by atoms with Gasteiger partial charge in [0.05, 0.1) is 0 Å². The predicted molar refractivity (Wildman–Crippen MR) is 103 cm³/mol. The molecule has 2 heteroatoms. The molecule has 1 aromatic rings. The lowest BCUT2D eigenvalue weighted by molar-refractivity contribution is 0.112. The molecule has 24 heavy (non-hydrogen) atoms. The normalized spacial score (nSPS) is 12.0. The van der Waals surface area contributed by atoms with E-state index in [1.165, 1.54) is 16.7 Å². The molecule has 0 saturated carbocycles. The third-order valence-electron chi connectivity index (χ3n) is 3.80. The minimum atomic E-state index is 0.539. The molecule has 0 fully saturated rings. The van der Waals surface area contributed by atoms with Gasteiger partial charge in [-0.25, -0.2) is 0 Å². The first-order valence-corrected chi connectivity index (χ1v) is 8.64. The number of allylic oxidation sites excluding steroid dienone is 5. The van der Waals surface area contributed by atoms with Crippen molar-refractivity contribution in [2.24, 2.45) is 0 Å². The summed E-state index contributed by atoms with van der Waals surface area (Å²) < 4.78 is 5.66. The van der Waals surface area contributed by atoms with Crippen molar-refractivity contribution >= 4 is 6.29 Å². The fraction of sp³-hybridized carbons (Fsp3) is 0.409. The van der Waals surface area contributed by atoms with Crippen molar-refractivity contribution in [1.29, 1.82) is 0 Å². The molecule has 0 amide bonds. The molecule has 0 unspecified atom stereocenters. The highest BCUT2D eigenvalue weighted by molar-refractivity contribution is 5.75. The SMILES string of the molecule is CC(C)=CCC/C(C)=C/CC/C(C)=C/COc1cccc(C=O)c1. The van der Waals surface area contributed by atoms with Gasteiger partial charge in [-0.2, -0.15) is 0 Å². The Kier molecular flexibility index (Phi) is 9.52. The van der Waals surface area contributed by atoms with Gasteiger partial charge in [0.1, 0.15) is 18.6 Å². The van der Waals surface area contributed by atoms with Gasteiger partial charge in [0.15, 0.2) is 0 Å². The summed E-state index contributed by atoms with van der Waals surface area (Å²) >= 11 is 0. The molecule has 1 aromatic carbocycles. The third kappa shape index (κ3) is 9.14. The van der Waals surface area contributed by atoms with Crippen LogP contribution >= 0.6 is 0 Å². The van der Waals surface area contributed by atoms with Gasteiger partial charge in [0, 0.05) is 5.56 Å². The molecule has 0 aromatic heterocycles. The highest BCUT2D eigenvalue weighted by atomic mass is 16.5. The van der Waals surface area contributed by atoms with E-state index in [-0.39, 0.29) is 0 Å². The van der Waals surface area contributed by atoms with E-state index in [1.54, 1.807) is 12.1 Å². The number of carbonyl (C=O) groups is 1. The number of hydrogen-bond acceptors (Lipinski definition) is 2. The van der Waals surface area contributed by atoms with Crippen molar-refractivity contribution in [3.63, 3.8) is 0 Å². The fourth-order valence-electron chi connectivity index (χ4n) is 2.30. The van der Waals surface area contributed by atoms with E-state index in [0.717, 1.165) is 37.7 Å². The Morgan fingerprint density at radius 1 is 0.958 bits per heavy atom. The van der Waals surface area contributed by atoms with Crippen LogP contribution in [0.2, 0.25) is 0 Å². The van der Waals surface area contributed by atoms with Crippen LogP contribution in [-0.4, -0.2) is 12.9 Å². The first kappa shape index (κ1) is 20.0. The lowest BCUT2D eigenvalue weighted by Gasteiger charge is -2.05. The summed E-state index contributed by atoms with van der Waals surface area (Å²) in [6.45, 7) is 9.17. The van der Waals surface area contributed by atoms with E-state index >= 15 is 0 Å². The minimum Gasteiger partial charge on any atom is -0.490 e. The van der Waals surface area contributed by atoms with Crippen LogP contribution in [0.5, 0.6) is 5.75 Å². The molecule has 0 atom stereocenters. The number of aldehydes is 1. The maximum Gasteiger partial charge on any atom is 0.150 e. The summed E-state index contributed by atoms with van der Waals surface area (Å²) in [6.07, 6.45) is 12.0. The molecular weight excluding hydrogens is 296 g/mol. The number of carbonyl (C=O) groups excluding carboxylic acids is 1. The average molecular weight is 326 g/mol. The van der Waals surface area contributed by atoms with Crippen LogP contribution in [0.3, 0.4) is 0 Å². The highest BCUT2D eigenvalue weighted by Crippen LogP contribution is 2.14. The molecule has 1 rings (SSSR count). The second kappa shape index (κ2) is 11.4. The zero-order valence-electron chi connectivity index (χ0n) is 15.5. The Balaban J connectivity index is 2.31. The van der Waals surface area contributed by atoms with Gasteiger partial charge in [-0.1, -0.05) is 41.0 Å². The summed E-state index contributed by atoms with van der Waals surface area (Å²) in [4.78, 5) is 10.7. The molecule has 0 saturated heterocycles. The fourth-order valence-corrected chi connectivity index (χ4v) is 2.30. The highest BCUT2D eigenvalue weighted by Gasteiger charge is 1.96. The monoisotopic (exact) mass is 326 g/mol. The second-order valence-corrected chi connectivity index (χ2v) is 6.46. The maximum absolute atomic E-state index is 10.7. The van der Waals surface area contributed by atoms with Crippen molar-refractivity contribution in [1.82, 2.24) is 0 Å². The third-order valence-corrected chi connectivity index (χ3v) is 3.80. The van der Waals surface area contributed by atoms with Gasteiger partial charge in [0.25, 0.3) is 0 Å². The Morgan fingerprint density at radius 3 is 2.29 bits per heavy atom. The van der Waals surface area contributed by atoms with Crippen LogP contribution in [0.25, 0.3) is 0 Å². The van der Waals surface area contributed by atoms with E-state index < -0.39 is 0 Å². The largest absolute Gasteiger partial charge is 0.490 e. The predicted octanol–water partition coefficient (Wildman–Crippen LogP) is 6.30. The summed E-state index contributed by atoms with van der Waals surface area (Å²) in [7, 11) is 0. The average Bonchev–Trinajstić information content (AvgIpc) is 2.54. The molecule has 0 heterocycles. The first-order valence-electron chi connectivity index (χ1n) is 8.64. The van der Waals surface area contributed by atoms with Crippen LogP contribution in [0.4, 0.5) is 0 Å². The van der Waals surface area contributed by atoms with Crippen LogP contribution in [0, 0.1) is 0 Å². The first-order chi connectivity index (χ1) is 11.5. The van der Waals surface area contributed by atoms with Gasteiger partial charge < -0.3 is 4.74 Å². The lowest BCUT2D eigenvalue weighted by Crippen LogP contribution is -1.95. The Bertz CT molecular complexity index is 602. The standard InChI is InChI=1S/C22H30O2/c1-18(2)8-5-9-19(3)10-6-11-20(4)14-15-24-22-13-7-12-21(16-22)17-23/h7-8,10,12-14,16-17H,5-6,9,11,15H2,1-4H3/b19-10+,20-14+. The van der Waals surface area contributed by atoms with Gasteiger partial charge in [-0.15, -0.1) is 0 Å². The Labute approximate surface area is 146 Å². The van der Waals surface area contributed by atoms with E-state index in [1.807, 2.05) is 12.1 Å². The van der Waals surface area contributed by atoms with Crippen molar-refractivity contribution in [3.05, 3.63) is 64.8 Å². The van der Waals surface area contributed by atoms with Gasteiger partial charge >= 0.3 is 0 Å². The van der Waals surface area contributed by atoms with E-state index in [4.69, 9.17) is 4.74 Å². The van der Waals surface area contributed by atoms with Crippen molar-refractivity contribution in [2.75, 3.05) is 6.61 Å². The molecule has 130 valence electrons. The zero-order chi connectivity index (χ0) is 17.8. The topological polar surface area (TPSA) is 26.3 Å². The molecule has 0 aliphatic rings. The Hall–Kier alpha value is -2.09. The number of hydrogen-bond donors (Lipinski definition) is 0. The van der Waals surface area contributed by atoms with Crippen LogP contribution in [0.15, 0.2) is 59.2 Å². The summed E-state index contributed by atoms with van der Waals surface area (Å²) in [5, 5.41) is 0. The Morgan fingerprint density at radius 2 is 1.62 bits per heavy atom. The molecular formula is C22H30O2. The summed E-state index contributed by atoms with van der Waals surface area (Å²) in [5.41, 5.74) is 4.82. The smallest absolute Gasteiger partial charge is 0.150 e. The van der Waals surface area contributed by atoms with E-state index in [0.29, 0.717) is 12.2 Å². The number of ether oxygens (including phenoxy) is 1. The summed E-state index contributed by atoms with van der Waals surface area (Å²) in [6, 6.07) is 7.23. The van der Waals surface area contributed by atoms with E-state index in [2.05, 4.69) is 45.9 Å². The van der Waals surface area contributed by atoms with Crippen molar-refractivity contribution < 1.29 is 9.53 Å². The minimum absolute atomic E-state index is 0.539.